The molecule has 7 rings (SSSR count). The smallest absolute Gasteiger partial charge is 0.296 e. The normalized spacial score (nSPS) is 14.9. The zero-order chi connectivity index (χ0) is 28.1. The lowest BCUT2D eigenvalue weighted by Gasteiger charge is -2.04. The fraction of sp³-hybridized carbons (Fsp3) is 0.156. The number of benzene rings is 3. The Morgan fingerprint density at radius 1 is 1.02 bits per heavy atom. The predicted octanol–water partition coefficient (Wildman–Crippen LogP) is 4.13. The number of aryl methyl sites for hydroxylation is 1. The number of hydrogen-bond acceptors (Lipinski definition) is 7. The molecule has 0 unspecified atom stereocenters. The van der Waals surface area contributed by atoms with Crippen LogP contribution in [0.1, 0.15) is 34.9 Å². The maximum Gasteiger partial charge on any atom is 0.296 e. The van der Waals surface area contributed by atoms with Crippen LogP contribution in [0.3, 0.4) is 0 Å². The zero-order valence-corrected chi connectivity index (χ0v) is 23.3. The van der Waals surface area contributed by atoms with Crippen LogP contribution < -0.4 is 20.4 Å². The van der Waals surface area contributed by atoms with E-state index in [1.165, 1.54) is 4.52 Å². The van der Waals surface area contributed by atoms with Crippen LogP contribution in [0.25, 0.3) is 28.0 Å². The summed E-state index contributed by atoms with van der Waals surface area (Å²) in [5, 5.41) is 9.33. The van der Waals surface area contributed by atoms with Crippen LogP contribution in [0.5, 0.6) is 5.75 Å². The van der Waals surface area contributed by atoms with E-state index >= 15 is 0 Å². The molecule has 0 radical (unpaired) electrons. The van der Waals surface area contributed by atoms with E-state index < -0.39 is 5.56 Å². The molecule has 0 saturated heterocycles. The van der Waals surface area contributed by atoms with Gasteiger partial charge in [-0.2, -0.15) is 19.7 Å². The molecule has 1 atom stereocenters. The summed E-state index contributed by atoms with van der Waals surface area (Å²) in [4.78, 5) is 30.7. The molecule has 6 aromatic rings. The van der Waals surface area contributed by atoms with Gasteiger partial charge in [0.1, 0.15) is 23.2 Å². The van der Waals surface area contributed by atoms with Crippen LogP contribution in [0, 0.1) is 6.92 Å². The largest absolute Gasteiger partial charge is 0.490 e. The number of thiazole rings is 1. The van der Waals surface area contributed by atoms with E-state index in [1.807, 2.05) is 90.6 Å². The average molecular weight is 560 g/mol. The number of para-hydroxylation sites is 1. The van der Waals surface area contributed by atoms with E-state index in [-0.39, 0.29) is 22.3 Å². The monoisotopic (exact) mass is 559 g/mol. The van der Waals surface area contributed by atoms with Crippen molar-refractivity contribution in [1.82, 2.24) is 24.4 Å². The molecule has 3 aromatic carbocycles. The van der Waals surface area contributed by atoms with Crippen LogP contribution >= 0.6 is 11.3 Å². The lowest BCUT2D eigenvalue weighted by atomic mass is 10.0. The standard InChI is InChI=1S/C32H25N5O3S/c1-19-8-10-21(11-9-19)15-26-30(38)33-32-37(34-26)31(39)28(41-32)17-24-18-36(25-6-4-3-5-7-25)35-29(24)22-12-13-27-23(16-22)14-20(2)40-27/h3-13,16-18,20H,14-15H2,1-2H3/b28-17-/t20-/m1/s1. The van der Waals surface area contributed by atoms with Gasteiger partial charge < -0.3 is 4.74 Å². The summed E-state index contributed by atoms with van der Waals surface area (Å²) in [7, 11) is 0. The van der Waals surface area contributed by atoms with Crippen molar-refractivity contribution in [3.05, 3.63) is 132 Å². The molecular formula is C32H25N5O3S. The highest BCUT2D eigenvalue weighted by Gasteiger charge is 2.21. The van der Waals surface area contributed by atoms with Gasteiger partial charge in [0.2, 0.25) is 4.96 Å². The Morgan fingerprint density at radius 3 is 2.63 bits per heavy atom. The van der Waals surface area contributed by atoms with Crippen LogP contribution in [0.2, 0.25) is 0 Å². The molecule has 0 fully saturated rings. The van der Waals surface area contributed by atoms with Crippen LogP contribution in [0.15, 0.2) is 88.6 Å². The lowest BCUT2D eigenvalue weighted by molar-refractivity contribution is 0.254. The van der Waals surface area contributed by atoms with Gasteiger partial charge in [-0.1, -0.05) is 59.4 Å². The second kappa shape index (κ2) is 9.94. The number of ether oxygens (including phenoxy) is 1. The van der Waals surface area contributed by atoms with Crippen molar-refractivity contribution < 1.29 is 4.74 Å². The van der Waals surface area contributed by atoms with Crippen LogP contribution in [0.4, 0.5) is 0 Å². The van der Waals surface area contributed by atoms with Crippen molar-refractivity contribution in [2.75, 3.05) is 0 Å². The van der Waals surface area contributed by atoms with Crippen molar-refractivity contribution >= 4 is 22.4 Å². The Kier molecular flexibility index (Phi) is 6.09. The molecule has 0 bridgehead atoms. The number of nitrogens with zero attached hydrogens (tertiary/aromatic N) is 5. The molecule has 9 heteroatoms. The van der Waals surface area contributed by atoms with Gasteiger partial charge in [0.15, 0.2) is 0 Å². The van der Waals surface area contributed by atoms with Crippen molar-refractivity contribution in [2.24, 2.45) is 0 Å². The third kappa shape index (κ3) is 4.74. The molecule has 0 spiro atoms. The third-order valence-corrected chi connectivity index (χ3v) is 8.12. The fourth-order valence-electron chi connectivity index (χ4n) is 5.09. The van der Waals surface area contributed by atoms with Crippen LogP contribution in [-0.2, 0) is 12.8 Å². The highest BCUT2D eigenvalue weighted by Crippen LogP contribution is 2.34. The van der Waals surface area contributed by atoms with Crippen LogP contribution in [-0.4, -0.2) is 30.5 Å². The van der Waals surface area contributed by atoms with E-state index in [2.05, 4.69) is 23.1 Å². The van der Waals surface area contributed by atoms with E-state index in [0.29, 0.717) is 11.0 Å². The molecular weight excluding hydrogens is 534 g/mol. The van der Waals surface area contributed by atoms with Gasteiger partial charge in [-0.05, 0) is 61.4 Å². The molecule has 1 aliphatic heterocycles. The first-order chi connectivity index (χ1) is 19.9. The predicted molar refractivity (Wildman–Crippen MR) is 159 cm³/mol. The Balaban J connectivity index is 1.35. The Labute approximate surface area is 238 Å². The van der Waals surface area contributed by atoms with E-state index in [1.54, 1.807) is 0 Å². The van der Waals surface area contributed by atoms with Gasteiger partial charge in [0.05, 0.1) is 10.2 Å². The second-order valence-corrected chi connectivity index (χ2v) is 11.3. The number of fused-ring (bicyclic) bond motifs is 2. The quantitative estimate of drug-likeness (QED) is 0.316. The summed E-state index contributed by atoms with van der Waals surface area (Å²) in [6, 6.07) is 23.8. The third-order valence-electron chi connectivity index (χ3n) is 7.16. The summed E-state index contributed by atoms with van der Waals surface area (Å²) < 4.78 is 9.36. The van der Waals surface area contributed by atoms with Crippen molar-refractivity contribution in [1.29, 1.82) is 0 Å². The van der Waals surface area contributed by atoms with Gasteiger partial charge >= 0.3 is 0 Å². The molecule has 3 aromatic heterocycles. The maximum absolute atomic E-state index is 13.5. The van der Waals surface area contributed by atoms with E-state index in [9.17, 15) is 9.59 Å². The fourth-order valence-corrected chi connectivity index (χ4v) is 5.99. The van der Waals surface area contributed by atoms with Gasteiger partial charge in [-0.3, -0.25) is 9.59 Å². The average Bonchev–Trinajstić information content (AvgIpc) is 3.65. The van der Waals surface area contributed by atoms with E-state index in [0.717, 1.165) is 62.7 Å². The molecule has 4 heterocycles. The molecule has 0 saturated carbocycles. The molecule has 0 aliphatic carbocycles. The van der Waals surface area contributed by atoms with Gasteiger partial charge in [0, 0.05) is 30.2 Å². The first-order valence-electron chi connectivity index (χ1n) is 13.4. The first-order valence-corrected chi connectivity index (χ1v) is 14.2. The Morgan fingerprint density at radius 2 is 1.83 bits per heavy atom. The summed E-state index contributed by atoms with van der Waals surface area (Å²) in [6.45, 7) is 4.06. The highest BCUT2D eigenvalue weighted by atomic mass is 32.1. The molecule has 8 nitrogen and oxygen atoms in total. The minimum atomic E-state index is -0.425. The second-order valence-electron chi connectivity index (χ2n) is 10.3. The number of aromatic nitrogens is 5. The minimum absolute atomic E-state index is 0.133. The number of rotatable bonds is 5. The van der Waals surface area contributed by atoms with E-state index in [4.69, 9.17) is 9.84 Å². The summed E-state index contributed by atoms with van der Waals surface area (Å²) >= 11 is 1.14. The topological polar surface area (TPSA) is 91.4 Å². The Hall–Kier alpha value is -4.89. The summed E-state index contributed by atoms with van der Waals surface area (Å²) in [5.74, 6) is 0.893. The molecule has 0 amide bonds. The van der Waals surface area contributed by atoms with Gasteiger partial charge in [-0.15, -0.1) is 0 Å². The number of hydrogen-bond donors (Lipinski definition) is 0. The SMILES string of the molecule is Cc1ccc(Cc2nn3c(=O)/c(=C/c4cn(-c5ccccc5)nc4-c4ccc5c(c4)C[C@@H](C)O5)sc3nc2=O)cc1. The lowest BCUT2D eigenvalue weighted by Crippen LogP contribution is -2.28. The first kappa shape index (κ1) is 25.1. The molecule has 41 heavy (non-hydrogen) atoms. The van der Waals surface area contributed by atoms with Gasteiger partial charge in [-0.25, -0.2) is 4.68 Å². The molecule has 202 valence electrons. The van der Waals surface area contributed by atoms with Crippen molar-refractivity contribution in [3.8, 4) is 22.7 Å². The molecule has 0 N–H and O–H groups in total. The van der Waals surface area contributed by atoms with Gasteiger partial charge in [0.25, 0.3) is 11.1 Å². The van der Waals surface area contributed by atoms with Crippen molar-refractivity contribution in [2.45, 2.75) is 32.8 Å². The zero-order valence-electron chi connectivity index (χ0n) is 22.4. The highest BCUT2D eigenvalue weighted by molar-refractivity contribution is 7.15. The summed E-state index contributed by atoms with van der Waals surface area (Å²) in [5.41, 5.74) is 6.03. The van der Waals surface area contributed by atoms with Crippen molar-refractivity contribution in [3.63, 3.8) is 0 Å². The summed E-state index contributed by atoms with van der Waals surface area (Å²) in [6.07, 6.45) is 4.99. The minimum Gasteiger partial charge on any atom is -0.490 e. The maximum atomic E-state index is 13.5. The molecule has 1 aliphatic rings. The Bertz CT molecular complexity index is 2100.